The lowest BCUT2D eigenvalue weighted by Gasteiger charge is -2.10. The van der Waals surface area contributed by atoms with E-state index in [0.29, 0.717) is 17.5 Å². The molecule has 0 amide bonds. The SMILES string of the molecule is c1ccc(-c2nc(-c3ccccc3)nc(-c3ccc(-c4cccc5ccc6c7ncccc7oc6c45)cc3)n2)cc1. The van der Waals surface area contributed by atoms with Crippen LogP contribution in [0.3, 0.4) is 0 Å². The van der Waals surface area contributed by atoms with Crippen LogP contribution in [0.4, 0.5) is 0 Å². The lowest BCUT2D eigenvalue weighted by molar-refractivity contribution is 0.672. The summed E-state index contributed by atoms with van der Waals surface area (Å²) in [4.78, 5) is 19.1. The number of aromatic nitrogens is 4. The van der Waals surface area contributed by atoms with Gasteiger partial charge in [0.15, 0.2) is 23.1 Å². The monoisotopic (exact) mass is 526 g/mol. The van der Waals surface area contributed by atoms with Crippen molar-refractivity contribution in [3.63, 3.8) is 0 Å². The minimum Gasteiger partial charge on any atom is -0.454 e. The molecule has 0 aliphatic heterocycles. The van der Waals surface area contributed by atoms with Crippen molar-refractivity contribution in [1.29, 1.82) is 0 Å². The maximum atomic E-state index is 6.34. The molecule has 0 saturated carbocycles. The maximum Gasteiger partial charge on any atom is 0.164 e. The van der Waals surface area contributed by atoms with E-state index in [2.05, 4.69) is 59.6 Å². The van der Waals surface area contributed by atoms with Gasteiger partial charge in [0.1, 0.15) is 11.1 Å². The fourth-order valence-corrected chi connectivity index (χ4v) is 5.40. The van der Waals surface area contributed by atoms with E-state index in [1.54, 1.807) is 6.20 Å². The molecule has 192 valence electrons. The number of pyridine rings is 1. The van der Waals surface area contributed by atoms with Crippen molar-refractivity contribution < 1.29 is 4.42 Å². The highest BCUT2D eigenvalue weighted by Gasteiger charge is 2.16. The Labute approximate surface area is 235 Å². The Morgan fingerprint density at radius 1 is 0.463 bits per heavy atom. The average Bonchev–Trinajstić information content (AvgIpc) is 3.44. The van der Waals surface area contributed by atoms with Gasteiger partial charge in [-0.25, -0.2) is 15.0 Å². The predicted molar refractivity (Wildman–Crippen MR) is 164 cm³/mol. The molecule has 0 saturated heterocycles. The first-order valence-electron chi connectivity index (χ1n) is 13.5. The normalized spacial score (nSPS) is 11.4. The van der Waals surface area contributed by atoms with Gasteiger partial charge in [0.2, 0.25) is 0 Å². The van der Waals surface area contributed by atoms with Gasteiger partial charge in [-0.1, -0.05) is 109 Å². The number of furan rings is 1. The van der Waals surface area contributed by atoms with E-state index in [1.807, 2.05) is 72.8 Å². The van der Waals surface area contributed by atoms with Gasteiger partial charge in [0.25, 0.3) is 0 Å². The van der Waals surface area contributed by atoms with Gasteiger partial charge in [-0.05, 0) is 34.7 Å². The maximum absolute atomic E-state index is 6.34. The van der Waals surface area contributed by atoms with Crippen molar-refractivity contribution in [2.45, 2.75) is 0 Å². The zero-order chi connectivity index (χ0) is 27.2. The van der Waals surface area contributed by atoms with Gasteiger partial charge in [-0.3, -0.25) is 4.98 Å². The number of hydrogen-bond acceptors (Lipinski definition) is 5. The topological polar surface area (TPSA) is 64.7 Å². The summed E-state index contributed by atoms with van der Waals surface area (Å²) in [6, 6.07) is 42.9. The summed E-state index contributed by atoms with van der Waals surface area (Å²) >= 11 is 0. The molecule has 0 spiro atoms. The molecule has 0 bridgehead atoms. The lowest BCUT2D eigenvalue weighted by Crippen LogP contribution is -2.00. The highest BCUT2D eigenvalue weighted by Crippen LogP contribution is 2.38. The molecule has 8 rings (SSSR count). The predicted octanol–water partition coefficient (Wildman–Crippen LogP) is 8.99. The van der Waals surface area contributed by atoms with Crippen LogP contribution in [-0.2, 0) is 0 Å². The third-order valence-electron chi connectivity index (χ3n) is 7.39. The van der Waals surface area contributed by atoms with Crippen molar-refractivity contribution >= 4 is 32.8 Å². The Morgan fingerprint density at radius 3 is 1.73 bits per heavy atom. The Bertz CT molecular complexity index is 2130. The second-order valence-electron chi connectivity index (χ2n) is 9.91. The van der Waals surface area contributed by atoms with Gasteiger partial charge in [-0.2, -0.15) is 0 Å². The van der Waals surface area contributed by atoms with Gasteiger partial charge >= 0.3 is 0 Å². The van der Waals surface area contributed by atoms with Crippen LogP contribution in [0.5, 0.6) is 0 Å². The minimum atomic E-state index is 0.632. The van der Waals surface area contributed by atoms with Crippen LogP contribution in [0.1, 0.15) is 0 Å². The molecule has 5 nitrogen and oxygen atoms in total. The summed E-state index contributed by atoms with van der Waals surface area (Å²) < 4.78 is 6.34. The second-order valence-corrected chi connectivity index (χ2v) is 9.91. The van der Waals surface area contributed by atoms with Crippen molar-refractivity contribution in [2.75, 3.05) is 0 Å². The standard InChI is InChI=1S/C36H22N4O/c1-3-9-25(10-4-1)34-38-35(26-11-5-2-6-12-26)40-36(39-34)27-18-16-23(17-19-27)28-14-7-13-24-20-21-29-32-30(15-8-22-37-32)41-33(29)31(24)28/h1-22H. The molecular formula is C36H22N4O. The van der Waals surface area contributed by atoms with E-state index in [4.69, 9.17) is 19.4 Å². The molecule has 5 aromatic carbocycles. The van der Waals surface area contributed by atoms with Crippen LogP contribution in [0.25, 0.3) is 78.1 Å². The van der Waals surface area contributed by atoms with E-state index in [0.717, 1.165) is 60.7 Å². The second kappa shape index (κ2) is 9.50. The van der Waals surface area contributed by atoms with Crippen molar-refractivity contribution in [3.05, 3.63) is 134 Å². The molecule has 41 heavy (non-hydrogen) atoms. The minimum absolute atomic E-state index is 0.632. The fraction of sp³-hybridized carbons (Fsp3) is 0. The highest BCUT2D eigenvalue weighted by atomic mass is 16.3. The summed E-state index contributed by atoms with van der Waals surface area (Å²) in [5, 5.41) is 3.22. The summed E-state index contributed by atoms with van der Waals surface area (Å²) in [6.45, 7) is 0. The largest absolute Gasteiger partial charge is 0.454 e. The van der Waals surface area contributed by atoms with E-state index in [-0.39, 0.29) is 0 Å². The molecule has 3 heterocycles. The number of nitrogens with zero attached hydrogens (tertiary/aromatic N) is 4. The Hall–Kier alpha value is -5.68. The molecule has 3 aromatic heterocycles. The number of hydrogen-bond donors (Lipinski definition) is 0. The van der Waals surface area contributed by atoms with Gasteiger partial charge < -0.3 is 4.42 Å². The summed E-state index contributed by atoms with van der Waals surface area (Å²) in [6.07, 6.45) is 1.81. The van der Waals surface area contributed by atoms with E-state index in [9.17, 15) is 0 Å². The first-order chi connectivity index (χ1) is 20.3. The van der Waals surface area contributed by atoms with Crippen LogP contribution in [0.15, 0.2) is 138 Å². The number of fused-ring (bicyclic) bond motifs is 5. The third-order valence-corrected chi connectivity index (χ3v) is 7.39. The van der Waals surface area contributed by atoms with Crippen molar-refractivity contribution in [3.8, 4) is 45.3 Å². The quantitative estimate of drug-likeness (QED) is 0.229. The van der Waals surface area contributed by atoms with E-state index < -0.39 is 0 Å². The van der Waals surface area contributed by atoms with Crippen molar-refractivity contribution in [1.82, 2.24) is 19.9 Å². The molecule has 5 heteroatoms. The van der Waals surface area contributed by atoms with E-state index in [1.165, 1.54) is 0 Å². The molecule has 0 unspecified atom stereocenters. The highest BCUT2D eigenvalue weighted by molar-refractivity contribution is 6.18. The first kappa shape index (κ1) is 23.2. The molecule has 0 aliphatic rings. The van der Waals surface area contributed by atoms with Crippen LogP contribution < -0.4 is 0 Å². The van der Waals surface area contributed by atoms with Crippen molar-refractivity contribution in [2.24, 2.45) is 0 Å². The van der Waals surface area contributed by atoms with Gasteiger partial charge in [0.05, 0.1) is 0 Å². The van der Waals surface area contributed by atoms with Crippen LogP contribution >= 0.6 is 0 Å². The lowest BCUT2D eigenvalue weighted by atomic mass is 9.96. The summed E-state index contributed by atoms with van der Waals surface area (Å²) in [7, 11) is 0. The molecular weight excluding hydrogens is 504 g/mol. The Morgan fingerprint density at radius 2 is 1.07 bits per heavy atom. The van der Waals surface area contributed by atoms with Crippen LogP contribution in [0.2, 0.25) is 0 Å². The molecule has 0 N–H and O–H groups in total. The molecule has 8 aromatic rings. The Kier molecular flexibility index (Phi) is 5.38. The third kappa shape index (κ3) is 4.03. The zero-order valence-electron chi connectivity index (χ0n) is 21.9. The van der Waals surface area contributed by atoms with Crippen LogP contribution in [0, 0.1) is 0 Å². The fourth-order valence-electron chi connectivity index (χ4n) is 5.40. The summed E-state index contributed by atoms with van der Waals surface area (Å²) in [5.41, 5.74) is 7.53. The average molecular weight is 527 g/mol. The van der Waals surface area contributed by atoms with Gasteiger partial charge in [0, 0.05) is 33.7 Å². The van der Waals surface area contributed by atoms with Gasteiger partial charge in [-0.15, -0.1) is 0 Å². The molecule has 0 atom stereocenters. The molecule has 0 radical (unpaired) electrons. The summed E-state index contributed by atoms with van der Waals surface area (Å²) in [5.74, 6) is 1.93. The zero-order valence-corrected chi connectivity index (χ0v) is 21.9. The molecule has 0 aliphatic carbocycles. The van der Waals surface area contributed by atoms with E-state index >= 15 is 0 Å². The number of benzene rings is 5. The smallest absolute Gasteiger partial charge is 0.164 e. The first-order valence-corrected chi connectivity index (χ1v) is 13.5. The van der Waals surface area contributed by atoms with Crippen LogP contribution in [-0.4, -0.2) is 19.9 Å². The Balaban J connectivity index is 1.26. The molecule has 0 fully saturated rings. The number of rotatable bonds is 4.